The lowest BCUT2D eigenvalue weighted by molar-refractivity contribution is 0.668. The molecule has 0 saturated heterocycles. The minimum Gasteiger partial charge on any atom is -0.456 e. The van der Waals surface area contributed by atoms with Gasteiger partial charge in [0, 0.05) is 32.9 Å². The molecule has 246 valence electrons. The van der Waals surface area contributed by atoms with E-state index < -0.39 is 8.07 Å². The van der Waals surface area contributed by atoms with Gasteiger partial charge in [-0.15, -0.1) is 0 Å². The average molecular weight is 684 g/mol. The molecule has 3 nitrogen and oxygen atoms in total. The second-order valence-electron chi connectivity index (χ2n) is 14.5. The van der Waals surface area contributed by atoms with Crippen molar-refractivity contribution in [2.45, 2.75) is 13.1 Å². The van der Waals surface area contributed by atoms with Crippen LogP contribution >= 0.6 is 0 Å². The van der Waals surface area contributed by atoms with Gasteiger partial charge >= 0.3 is 0 Å². The van der Waals surface area contributed by atoms with Gasteiger partial charge in [-0.1, -0.05) is 122 Å². The van der Waals surface area contributed by atoms with Crippen LogP contribution in [-0.4, -0.2) is 8.07 Å². The summed E-state index contributed by atoms with van der Waals surface area (Å²) in [5.74, 6) is 0. The first-order valence-corrected chi connectivity index (χ1v) is 20.9. The lowest BCUT2D eigenvalue weighted by Crippen LogP contribution is -2.49. The fraction of sp³-hybridized carbons (Fsp3) is 0.0417. The molecule has 3 heterocycles. The summed E-state index contributed by atoms with van der Waals surface area (Å²) >= 11 is 0. The first-order chi connectivity index (χ1) is 25.5. The molecule has 0 fully saturated rings. The fourth-order valence-corrected chi connectivity index (χ4v) is 11.7. The molecule has 0 atom stereocenters. The predicted octanol–water partition coefficient (Wildman–Crippen LogP) is 12.6. The van der Waals surface area contributed by atoms with E-state index in [9.17, 15) is 0 Å². The molecular weight excluding hydrogens is 651 g/mol. The Morgan fingerprint density at radius 1 is 0.462 bits per heavy atom. The lowest BCUT2D eigenvalue weighted by Gasteiger charge is -2.27. The Kier molecular flexibility index (Phi) is 6.11. The Hall–Kier alpha value is -6.36. The maximum atomic E-state index is 6.66. The number of hydrogen-bond donors (Lipinski definition) is 0. The van der Waals surface area contributed by atoms with E-state index in [1.165, 1.54) is 54.2 Å². The van der Waals surface area contributed by atoms with Crippen molar-refractivity contribution in [1.82, 2.24) is 0 Å². The molecule has 11 rings (SSSR count). The molecule has 1 aliphatic rings. The average Bonchev–Trinajstić information content (AvgIpc) is 3.83. The third-order valence-corrected chi connectivity index (χ3v) is 14.8. The zero-order valence-corrected chi connectivity index (χ0v) is 29.9. The number of rotatable bonds is 4. The highest BCUT2D eigenvalue weighted by molar-refractivity contribution is 7.04. The molecule has 0 bridgehead atoms. The first kappa shape index (κ1) is 29.4. The highest BCUT2D eigenvalue weighted by Crippen LogP contribution is 2.45. The van der Waals surface area contributed by atoms with Crippen molar-refractivity contribution in [2.75, 3.05) is 4.90 Å². The smallest absolute Gasteiger partial charge is 0.159 e. The van der Waals surface area contributed by atoms with Crippen molar-refractivity contribution < 1.29 is 8.83 Å². The topological polar surface area (TPSA) is 29.5 Å². The summed E-state index contributed by atoms with van der Waals surface area (Å²) in [6.07, 6.45) is 0. The molecule has 4 heteroatoms. The molecule has 8 aromatic carbocycles. The summed E-state index contributed by atoms with van der Waals surface area (Å²) in [6.45, 7) is 4.97. The van der Waals surface area contributed by atoms with Gasteiger partial charge in [-0.05, 0) is 98.0 Å². The summed E-state index contributed by atoms with van der Waals surface area (Å²) in [5, 5.41) is 10.0. The van der Waals surface area contributed by atoms with Crippen LogP contribution in [0.4, 0.5) is 17.1 Å². The number of hydrogen-bond acceptors (Lipinski definition) is 3. The van der Waals surface area contributed by atoms with E-state index in [1.807, 2.05) is 6.07 Å². The van der Waals surface area contributed by atoms with Gasteiger partial charge < -0.3 is 13.7 Å². The van der Waals surface area contributed by atoms with Crippen molar-refractivity contribution in [1.29, 1.82) is 0 Å². The van der Waals surface area contributed by atoms with Crippen molar-refractivity contribution >= 4 is 90.2 Å². The zero-order chi connectivity index (χ0) is 34.6. The van der Waals surface area contributed by atoms with Gasteiger partial charge in [0.2, 0.25) is 0 Å². The Bertz CT molecular complexity index is 3060. The van der Waals surface area contributed by atoms with Crippen LogP contribution in [0.5, 0.6) is 0 Å². The van der Waals surface area contributed by atoms with Crippen LogP contribution in [0.2, 0.25) is 13.1 Å². The minimum atomic E-state index is -2.09. The molecule has 2 aromatic heterocycles. The van der Waals surface area contributed by atoms with E-state index >= 15 is 0 Å². The minimum absolute atomic E-state index is 0.883. The number of fused-ring (bicyclic) bond motifs is 11. The van der Waals surface area contributed by atoms with Gasteiger partial charge in [0.15, 0.2) is 5.58 Å². The summed E-state index contributed by atoms with van der Waals surface area (Å²) in [7, 11) is -2.09. The van der Waals surface area contributed by atoms with Gasteiger partial charge in [-0.2, -0.15) is 0 Å². The van der Waals surface area contributed by atoms with E-state index in [2.05, 4.69) is 176 Å². The molecule has 1 aliphatic heterocycles. The SMILES string of the molecule is C[Si]1(C)c2cc(N(c3ccc(-c4ccc5ccccc5c4)cc3)c3cccc4c3oc3ccccc34)ccc2-c2c1ccc1oc3ccccc3c21. The number of benzene rings is 8. The van der Waals surface area contributed by atoms with Crippen molar-refractivity contribution in [3.8, 4) is 22.3 Å². The summed E-state index contributed by atoms with van der Waals surface area (Å²) in [6, 6.07) is 59.1. The first-order valence-electron chi connectivity index (χ1n) is 17.9. The predicted molar refractivity (Wildman–Crippen MR) is 221 cm³/mol. The Morgan fingerprint density at radius 2 is 1.15 bits per heavy atom. The summed E-state index contributed by atoms with van der Waals surface area (Å²) in [5.41, 5.74) is 11.9. The highest BCUT2D eigenvalue weighted by atomic mass is 28.3. The monoisotopic (exact) mass is 683 g/mol. The van der Waals surface area contributed by atoms with E-state index in [1.54, 1.807) is 0 Å². The Morgan fingerprint density at radius 3 is 2.00 bits per heavy atom. The zero-order valence-electron chi connectivity index (χ0n) is 28.9. The molecule has 0 aliphatic carbocycles. The second kappa shape index (κ2) is 10.8. The molecular formula is C48H33NO2Si. The molecule has 0 saturated carbocycles. The summed E-state index contributed by atoms with van der Waals surface area (Å²) < 4.78 is 13.0. The lowest BCUT2D eigenvalue weighted by atomic mass is 9.99. The maximum absolute atomic E-state index is 6.66. The number of nitrogens with zero attached hydrogens (tertiary/aromatic N) is 1. The highest BCUT2D eigenvalue weighted by Gasteiger charge is 2.40. The van der Waals surface area contributed by atoms with Gasteiger partial charge in [-0.25, -0.2) is 0 Å². The molecule has 10 aromatic rings. The normalized spacial score (nSPS) is 13.3. The molecule has 0 radical (unpaired) electrons. The van der Waals surface area contributed by atoms with E-state index in [0.29, 0.717) is 0 Å². The molecule has 0 spiro atoms. The molecule has 0 N–H and O–H groups in total. The fourth-order valence-electron chi connectivity index (χ4n) is 8.68. The molecule has 52 heavy (non-hydrogen) atoms. The Labute approximate surface area is 302 Å². The van der Waals surface area contributed by atoms with Crippen LogP contribution in [0.15, 0.2) is 173 Å². The number of furan rings is 2. The standard InChI is InChI=1S/C48H33NO2Si/c1-52(2)44-27-26-43-46(38-13-6-8-17-42(38)50-43)47(44)39-25-24-35(29-45(39)52)49(40-15-9-14-37-36-12-5-7-16-41(36)51-48(37)40)34-22-20-31(21-23-34)33-19-18-30-10-3-4-11-32(30)28-33/h3-29H,1-2H3. The third-order valence-electron chi connectivity index (χ3n) is 11.3. The van der Waals surface area contributed by atoms with Gasteiger partial charge in [0.25, 0.3) is 0 Å². The maximum Gasteiger partial charge on any atom is 0.159 e. The van der Waals surface area contributed by atoms with Crippen molar-refractivity contribution in [3.63, 3.8) is 0 Å². The van der Waals surface area contributed by atoms with Crippen LogP contribution in [-0.2, 0) is 0 Å². The van der Waals surface area contributed by atoms with Crippen LogP contribution in [0.25, 0.3) is 76.9 Å². The number of para-hydroxylation sites is 3. The van der Waals surface area contributed by atoms with Gasteiger partial charge in [0.05, 0.1) is 5.69 Å². The van der Waals surface area contributed by atoms with Crippen LogP contribution < -0.4 is 15.3 Å². The van der Waals surface area contributed by atoms with Crippen molar-refractivity contribution in [2.24, 2.45) is 0 Å². The van der Waals surface area contributed by atoms with E-state index in [4.69, 9.17) is 8.83 Å². The van der Waals surface area contributed by atoms with Crippen LogP contribution in [0.3, 0.4) is 0 Å². The molecule has 0 unspecified atom stereocenters. The second-order valence-corrected chi connectivity index (χ2v) is 18.8. The van der Waals surface area contributed by atoms with E-state index in [0.717, 1.165) is 50.2 Å². The quantitative estimate of drug-likeness (QED) is 0.173. The van der Waals surface area contributed by atoms with Crippen LogP contribution in [0.1, 0.15) is 0 Å². The largest absolute Gasteiger partial charge is 0.456 e. The number of anilines is 3. The van der Waals surface area contributed by atoms with Crippen molar-refractivity contribution in [3.05, 3.63) is 164 Å². The molecule has 0 amide bonds. The van der Waals surface area contributed by atoms with Gasteiger partial charge in [0.1, 0.15) is 24.8 Å². The van der Waals surface area contributed by atoms with Crippen LogP contribution in [0, 0.1) is 0 Å². The Balaban J connectivity index is 1.11. The summed E-state index contributed by atoms with van der Waals surface area (Å²) in [4.78, 5) is 2.38. The van der Waals surface area contributed by atoms with E-state index in [-0.39, 0.29) is 0 Å². The van der Waals surface area contributed by atoms with Gasteiger partial charge in [-0.3, -0.25) is 0 Å². The third kappa shape index (κ3) is 4.19.